The van der Waals surface area contributed by atoms with E-state index in [1.54, 1.807) is 12.1 Å². The number of carbonyl (C=O) groups excluding carboxylic acids is 2. The monoisotopic (exact) mass is 446 g/mol. The summed E-state index contributed by atoms with van der Waals surface area (Å²) in [6, 6.07) is 15.4. The molecular formula is C27H30O4Si. The van der Waals surface area contributed by atoms with E-state index < -0.39 is 26.0 Å². The van der Waals surface area contributed by atoms with Crippen LogP contribution in [0.1, 0.15) is 46.9 Å². The number of phenolic OH excluding ortho intramolecular Hbond substituents is 1. The first-order chi connectivity index (χ1) is 15.2. The first-order valence-electron chi connectivity index (χ1n) is 11.5. The Labute approximate surface area is 190 Å². The zero-order chi connectivity index (χ0) is 22.8. The Kier molecular flexibility index (Phi) is 4.84. The lowest BCUT2D eigenvalue weighted by molar-refractivity contribution is 0.0386. The van der Waals surface area contributed by atoms with Crippen molar-refractivity contribution in [1.29, 1.82) is 0 Å². The summed E-state index contributed by atoms with van der Waals surface area (Å²) >= 11 is 0. The fourth-order valence-electron chi connectivity index (χ4n) is 6.46. The number of carbonyl (C=O) groups is 2. The maximum Gasteiger partial charge on any atom is 0.174 e. The summed E-state index contributed by atoms with van der Waals surface area (Å²) < 4.78 is 0. The second kappa shape index (κ2) is 7.25. The zero-order valence-corrected chi connectivity index (χ0v) is 19.8. The molecule has 2 N–H and O–H groups in total. The van der Waals surface area contributed by atoms with Crippen molar-refractivity contribution < 1.29 is 19.8 Å². The van der Waals surface area contributed by atoms with Gasteiger partial charge in [0.25, 0.3) is 0 Å². The summed E-state index contributed by atoms with van der Waals surface area (Å²) in [5, 5.41) is 22.8. The van der Waals surface area contributed by atoms with Gasteiger partial charge in [0.2, 0.25) is 0 Å². The third-order valence-corrected chi connectivity index (χ3v) is 14.0. The number of allylic oxidation sites excluding steroid dienone is 1. The number of aromatic hydroxyl groups is 1. The van der Waals surface area contributed by atoms with Crippen LogP contribution in [-0.4, -0.2) is 36.0 Å². The molecule has 0 aliphatic heterocycles. The van der Waals surface area contributed by atoms with E-state index in [-0.39, 0.29) is 33.8 Å². The van der Waals surface area contributed by atoms with Crippen molar-refractivity contribution >= 4 is 24.8 Å². The lowest BCUT2D eigenvalue weighted by Gasteiger charge is -2.52. The van der Waals surface area contributed by atoms with Gasteiger partial charge in [0.1, 0.15) is 5.75 Å². The minimum absolute atomic E-state index is 0.0241. The van der Waals surface area contributed by atoms with E-state index in [4.69, 9.17) is 0 Å². The maximum atomic E-state index is 13.5. The Morgan fingerprint density at radius 2 is 1.69 bits per heavy atom. The molecule has 2 aromatic carbocycles. The van der Waals surface area contributed by atoms with E-state index in [1.165, 1.54) is 11.3 Å². The number of ketones is 2. The Morgan fingerprint density at radius 1 is 0.969 bits per heavy atom. The molecule has 0 amide bonds. The van der Waals surface area contributed by atoms with Crippen LogP contribution in [0.5, 0.6) is 5.75 Å². The van der Waals surface area contributed by atoms with Crippen LogP contribution in [0, 0.1) is 17.8 Å². The molecular weight excluding hydrogens is 416 g/mol. The van der Waals surface area contributed by atoms with E-state index >= 15 is 0 Å². The standard InChI is InChI=1S/C27H30O4Si/c1-27(32(2,3)17-8-5-4-6-9-17)13-12-18-16(15-27)14-21(29)24-23(18)25(30)19-10-7-11-20(28)22(19)26(24)31/h4-11,14,18,21,23-24,28-29H,12-13,15H2,1-3H3/t18-,21+,23-,24+,27+/m1/s1. The summed E-state index contributed by atoms with van der Waals surface area (Å²) in [6.45, 7) is 7.20. The molecule has 5 heteroatoms. The number of Topliss-reactive ketones (excluding diaryl/α,β-unsaturated/α-hetero) is 2. The number of fused-ring (bicyclic) bond motifs is 4. The molecule has 166 valence electrons. The molecule has 0 radical (unpaired) electrons. The van der Waals surface area contributed by atoms with E-state index in [2.05, 4.69) is 50.3 Å². The first kappa shape index (κ1) is 21.3. The highest BCUT2D eigenvalue weighted by atomic mass is 28.3. The van der Waals surface area contributed by atoms with Gasteiger partial charge in [-0.3, -0.25) is 9.59 Å². The van der Waals surface area contributed by atoms with E-state index in [1.807, 2.05) is 6.08 Å². The number of rotatable bonds is 2. The molecule has 4 nitrogen and oxygen atoms in total. The van der Waals surface area contributed by atoms with Crippen LogP contribution in [0.2, 0.25) is 18.1 Å². The number of hydrogen-bond donors (Lipinski definition) is 2. The van der Waals surface area contributed by atoms with Crippen LogP contribution in [0.4, 0.5) is 0 Å². The van der Waals surface area contributed by atoms with E-state index in [0.717, 1.165) is 24.8 Å². The molecule has 0 spiro atoms. The molecule has 5 rings (SSSR count). The zero-order valence-electron chi connectivity index (χ0n) is 18.8. The van der Waals surface area contributed by atoms with Crippen LogP contribution < -0.4 is 5.19 Å². The third kappa shape index (κ3) is 2.91. The minimum Gasteiger partial charge on any atom is -0.507 e. The maximum absolute atomic E-state index is 13.5. The summed E-state index contributed by atoms with van der Waals surface area (Å²) in [4.78, 5) is 26.8. The molecule has 32 heavy (non-hydrogen) atoms. The van der Waals surface area contributed by atoms with Gasteiger partial charge in [-0.05, 0) is 36.3 Å². The number of benzene rings is 2. The Bertz CT molecular complexity index is 1140. The SMILES string of the molecule is C[C@]1([Si](C)(C)c2ccccc2)CC[C@@H]2C(=C[C@H](O)[C@@H]3C(=O)c4c(O)cccc4C(=O)[C@@H]32)C1. The van der Waals surface area contributed by atoms with Gasteiger partial charge in [-0.15, -0.1) is 0 Å². The summed E-state index contributed by atoms with van der Waals surface area (Å²) in [6.07, 6.45) is 3.54. The first-order valence-corrected chi connectivity index (χ1v) is 14.5. The van der Waals surface area contributed by atoms with E-state index in [0.29, 0.717) is 5.56 Å². The molecule has 5 atom stereocenters. The highest BCUT2D eigenvalue weighted by molar-refractivity contribution is 6.92. The van der Waals surface area contributed by atoms with Crippen LogP contribution in [0.25, 0.3) is 0 Å². The molecule has 2 aromatic rings. The van der Waals surface area contributed by atoms with Gasteiger partial charge >= 0.3 is 0 Å². The highest BCUT2D eigenvalue weighted by Crippen LogP contribution is 2.58. The summed E-state index contributed by atoms with van der Waals surface area (Å²) in [7, 11) is -1.85. The molecule has 0 saturated heterocycles. The number of phenols is 1. The predicted molar refractivity (Wildman–Crippen MR) is 127 cm³/mol. The molecule has 1 saturated carbocycles. The average molecular weight is 447 g/mol. The lowest BCUT2D eigenvalue weighted by Crippen LogP contribution is -2.55. The largest absolute Gasteiger partial charge is 0.507 e. The summed E-state index contributed by atoms with van der Waals surface area (Å²) in [5.74, 6) is -1.97. The second-order valence-corrected chi connectivity index (χ2v) is 15.6. The highest BCUT2D eigenvalue weighted by Gasteiger charge is 2.56. The lowest BCUT2D eigenvalue weighted by atomic mass is 9.58. The van der Waals surface area contributed by atoms with Crippen molar-refractivity contribution in [3.05, 3.63) is 71.3 Å². The van der Waals surface area contributed by atoms with Gasteiger partial charge in [0, 0.05) is 11.5 Å². The third-order valence-electron chi connectivity index (χ3n) is 8.82. The van der Waals surface area contributed by atoms with Crippen molar-refractivity contribution in [2.75, 3.05) is 0 Å². The number of aliphatic hydroxyl groups is 1. The Balaban J connectivity index is 1.53. The molecule has 1 fully saturated rings. The van der Waals surface area contributed by atoms with Gasteiger partial charge in [-0.25, -0.2) is 0 Å². The minimum atomic E-state index is -1.85. The van der Waals surface area contributed by atoms with Crippen LogP contribution in [-0.2, 0) is 0 Å². The van der Waals surface area contributed by atoms with Crippen molar-refractivity contribution in [3.63, 3.8) is 0 Å². The Hall–Kier alpha value is -2.50. The summed E-state index contributed by atoms with van der Waals surface area (Å²) in [5.41, 5.74) is 1.51. The van der Waals surface area contributed by atoms with Gasteiger partial charge in [0.05, 0.1) is 25.7 Å². The molecule has 0 bridgehead atoms. The molecule has 3 aliphatic rings. The fourth-order valence-corrected chi connectivity index (χ4v) is 9.60. The van der Waals surface area contributed by atoms with Crippen LogP contribution in [0.15, 0.2) is 60.2 Å². The quantitative estimate of drug-likeness (QED) is 0.527. The van der Waals surface area contributed by atoms with Gasteiger partial charge in [-0.1, -0.05) is 79.3 Å². The molecule has 3 aliphatic carbocycles. The van der Waals surface area contributed by atoms with E-state index in [9.17, 15) is 19.8 Å². The van der Waals surface area contributed by atoms with Crippen LogP contribution in [0.3, 0.4) is 0 Å². The van der Waals surface area contributed by atoms with Gasteiger partial charge < -0.3 is 10.2 Å². The van der Waals surface area contributed by atoms with Crippen molar-refractivity contribution in [2.45, 2.75) is 50.4 Å². The van der Waals surface area contributed by atoms with Crippen molar-refractivity contribution in [3.8, 4) is 5.75 Å². The van der Waals surface area contributed by atoms with Gasteiger partial charge in [-0.2, -0.15) is 0 Å². The average Bonchev–Trinajstić information content (AvgIpc) is 2.77. The van der Waals surface area contributed by atoms with Crippen molar-refractivity contribution in [2.24, 2.45) is 17.8 Å². The van der Waals surface area contributed by atoms with Gasteiger partial charge in [0.15, 0.2) is 11.6 Å². The van der Waals surface area contributed by atoms with Crippen molar-refractivity contribution in [1.82, 2.24) is 0 Å². The number of hydrogen-bond acceptors (Lipinski definition) is 4. The second-order valence-electron chi connectivity index (χ2n) is 10.6. The molecule has 0 unspecified atom stereocenters. The van der Waals surface area contributed by atoms with Crippen LogP contribution >= 0.6 is 0 Å². The molecule has 0 aromatic heterocycles. The topological polar surface area (TPSA) is 74.6 Å². The fraction of sp³-hybridized carbons (Fsp3) is 0.407. The number of aliphatic hydroxyl groups excluding tert-OH is 1. The Morgan fingerprint density at radius 3 is 2.41 bits per heavy atom. The molecule has 0 heterocycles. The smallest absolute Gasteiger partial charge is 0.174 e. The predicted octanol–water partition coefficient (Wildman–Crippen LogP) is 4.48. The normalized spacial score (nSPS) is 31.9.